The van der Waals surface area contributed by atoms with Crippen LogP contribution < -0.4 is 5.32 Å². The third-order valence-electron chi connectivity index (χ3n) is 5.69. The summed E-state index contributed by atoms with van der Waals surface area (Å²) in [6.07, 6.45) is 1.74. The SMILES string of the molecule is O=C1NC(=O)c2c1c(-c1ccccc1Cl)cc1[nH]c3ccc(-c4ccccn4)cc3c21. The number of rotatable bonds is 2. The molecular formula is C25H14ClN3O2. The molecule has 0 atom stereocenters. The van der Waals surface area contributed by atoms with Crippen molar-refractivity contribution in [3.63, 3.8) is 0 Å². The first kappa shape index (κ1) is 17.9. The normalized spacial score (nSPS) is 13.1. The van der Waals surface area contributed by atoms with Crippen molar-refractivity contribution < 1.29 is 9.59 Å². The molecule has 5 aromatic rings. The summed E-state index contributed by atoms with van der Waals surface area (Å²) in [5, 5.41) is 4.57. The standard InChI is InChI=1S/C25H14ClN3O2/c26-17-6-2-1-5-14(17)15-12-20-21(23-22(15)24(30)29-25(23)31)16-11-13(8-9-19(16)28-20)18-7-3-4-10-27-18/h1-12,28H,(H,29,30,31). The number of hydrogen-bond donors (Lipinski definition) is 2. The molecule has 3 aromatic carbocycles. The molecular weight excluding hydrogens is 410 g/mol. The number of aromatic amines is 1. The molecule has 0 bridgehead atoms. The Morgan fingerprint density at radius 1 is 0.774 bits per heavy atom. The first-order chi connectivity index (χ1) is 15.1. The number of carbonyl (C=O) groups excluding carboxylic acids is 2. The number of fused-ring (bicyclic) bond motifs is 5. The maximum absolute atomic E-state index is 12.9. The fraction of sp³-hybridized carbons (Fsp3) is 0. The topological polar surface area (TPSA) is 74.8 Å². The minimum atomic E-state index is -0.410. The smallest absolute Gasteiger partial charge is 0.259 e. The maximum atomic E-state index is 12.9. The van der Waals surface area contributed by atoms with Gasteiger partial charge in [-0.05, 0) is 42.0 Å². The highest BCUT2D eigenvalue weighted by atomic mass is 35.5. The van der Waals surface area contributed by atoms with Crippen LogP contribution in [-0.4, -0.2) is 21.8 Å². The fourth-order valence-corrected chi connectivity index (χ4v) is 4.58. The van der Waals surface area contributed by atoms with Crippen molar-refractivity contribution >= 4 is 45.2 Å². The summed E-state index contributed by atoms with van der Waals surface area (Å²) >= 11 is 6.43. The highest BCUT2D eigenvalue weighted by Crippen LogP contribution is 2.41. The van der Waals surface area contributed by atoms with Crippen LogP contribution in [0.4, 0.5) is 0 Å². The Hall–Kier alpha value is -3.96. The average molecular weight is 424 g/mol. The molecule has 2 amide bonds. The zero-order chi connectivity index (χ0) is 21.1. The van der Waals surface area contributed by atoms with Crippen molar-refractivity contribution in [1.82, 2.24) is 15.3 Å². The molecule has 31 heavy (non-hydrogen) atoms. The zero-order valence-corrected chi connectivity index (χ0v) is 16.8. The highest BCUT2D eigenvalue weighted by molar-refractivity contribution is 6.36. The summed E-state index contributed by atoms with van der Waals surface area (Å²) in [4.78, 5) is 33.5. The summed E-state index contributed by atoms with van der Waals surface area (Å²) in [6.45, 7) is 0. The Morgan fingerprint density at radius 2 is 1.58 bits per heavy atom. The molecule has 0 saturated heterocycles. The molecule has 6 heteroatoms. The van der Waals surface area contributed by atoms with E-state index in [4.69, 9.17) is 11.6 Å². The van der Waals surface area contributed by atoms with Crippen LogP contribution in [0.1, 0.15) is 20.7 Å². The van der Waals surface area contributed by atoms with Crippen LogP contribution in [0.2, 0.25) is 5.02 Å². The Kier molecular flexibility index (Phi) is 3.76. The summed E-state index contributed by atoms with van der Waals surface area (Å²) < 4.78 is 0. The molecule has 0 spiro atoms. The molecule has 2 aromatic heterocycles. The van der Waals surface area contributed by atoms with E-state index in [1.54, 1.807) is 12.3 Å². The van der Waals surface area contributed by atoms with Crippen molar-refractivity contribution in [2.45, 2.75) is 0 Å². The minimum absolute atomic E-state index is 0.356. The number of halogens is 1. The van der Waals surface area contributed by atoms with E-state index in [1.165, 1.54) is 0 Å². The Morgan fingerprint density at radius 3 is 2.39 bits per heavy atom. The third kappa shape index (κ3) is 2.60. The number of H-pyrrole nitrogens is 1. The van der Waals surface area contributed by atoms with Gasteiger partial charge in [-0.25, -0.2) is 0 Å². The van der Waals surface area contributed by atoms with E-state index < -0.39 is 11.8 Å². The summed E-state index contributed by atoms with van der Waals surface area (Å²) in [5.41, 5.74) is 5.49. The lowest BCUT2D eigenvalue weighted by molar-refractivity contribution is 0.0880. The first-order valence-corrected chi connectivity index (χ1v) is 10.1. The number of carbonyl (C=O) groups is 2. The van der Waals surface area contributed by atoms with Crippen LogP contribution in [0.15, 0.2) is 72.9 Å². The molecule has 2 N–H and O–H groups in total. The molecule has 3 heterocycles. The van der Waals surface area contributed by atoms with Gasteiger partial charge in [0.1, 0.15) is 0 Å². The van der Waals surface area contributed by atoms with Crippen molar-refractivity contribution in [1.29, 1.82) is 0 Å². The first-order valence-electron chi connectivity index (χ1n) is 9.76. The Labute approximate surface area is 181 Å². The number of imide groups is 1. The van der Waals surface area contributed by atoms with E-state index in [0.717, 1.165) is 33.1 Å². The molecule has 5 nitrogen and oxygen atoms in total. The number of hydrogen-bond acceptors (Lipinski definition) is 3. The van der Waals surface area contributed by atoms with E-state index >= 15 is 0 Å². The third-order valence-corrected chi connectivity index (χ3v) is 6.02. The average Bonchev–Trinajstić information content (AvgIpc) is 3.30. The number of nitrogens with zero attached hydrogens (tertiary/aromatic N) is 1. The molecule has 0 fully saturated rings. The summed E-state index contributed by atoms with van der Waals surface area (Å²) in [7, 11) is 0. The van der Waals surface area contributed by atoms with E-state index in [-0.39, 0.29) is 0 Å². The van der Waals surface area contributed by atoms with Crippen LogP contribution in [0.3, 0.4) is 0 Å². The number of aromatic nitrogens is 2. The van der Waals surface area contributed by atoms with Gasteiger partial charge in [0.2, 0.25) is 0 Å². The molecule has 1 aliphatic heterocycles. The lowest BCUT2D eigenvalue weighted by Gasteiger charge is -2.10. The molecule has 0 saturated carbocycles. The lowest BCUT2D eigenvalue weighted by Crippen LogP contribution is -2.20. The molecule has 1 aliphatic rings. The van der Waals surface area contributed by atoms with Gasteiger partial charge in [0.05, 0.1) is 16.8 Å². The maximum Gasteiger partial charge on any atom is 0.259 e. The van der Waals surface area contributed by atoms with Gasteiger partial charge in [0, 0.05) is 44.2 Å². The second kappa shape index (κ2) is 6.52. The molecule has 6 rings (SSSR count). The Balaban J connectivity index is 1.72. The van der Waals surface area contributed by atoms with Gasteiger partial charge in [-0.2, -0.15) is 0 Å². The number of amides is 2. The number of benzene rings is 3. The van der Waals surface area contributed by atoms with Gasteiger partial charge in [-0.1, -0.05) is 41.9 Å². The van der Waals surface area contributed by atoms with Crippen molar-refractivity contribution in [2.24, 2.45) is 0 Å². The summed E-state index contributed by atoms with van der Waals surface area (Å²) in [5.74, 6) is -0.810. The van der Waals surface area contributed by atoms with Gasteiger partial charge in [-0.3, -0.25) is 19.9 Å². The second-order valence-corrected chi connectivity index (χ2v) is 7.87. The second-order valence-electron chi connectivity index (χ2n) is 7.46. The monoisotopic (exact) mass is 423 g/mol. The molecule has 0 unspecified atom stereocenters. The number of pyridine rings is 1. The largest absolute Gasteiger partial charge is 0.354 e. The van der Waals surface area contributed by atoms with Crippen LogP contribution in [-0.2, 0) is 0 Å². The van der Waals surface area contributed by atoms with E-state index in [0.29, 0.717) is 27.3 Å². The van der Waals surface area contributed by atoms with Crippen LogP contribution in [0.5, 0.6) is 0 Å². The highest BCUT2D eigenvalue weighted by Gasteiger charge is 2.34. The van der Waals surface area contributed by atoms with Crippen LogP contribution in [0.25, 0.3) is 44.2 Å². The van der Waals surface area contributed by atoms with Crippen molar-refractivity contribution in [3.8, 4) is 22.4 Å². The quantitative estimate of drug-likeness (QED) is 0.363. The predicted molar refractivity (Wildman–Crippen MR) is 121 cm³/mol. The van der Waals surface area contributed by atoms with E-state index in [2.05, 4.69) is 15.3 Å². The molecule has 0 aliphatic carbocycles. The van der Waals surface area contributed by atoms with Crippen molar-refractivity contribution in [3.05, 3.63) is 89.1 Å². The van der Waals surface area contributed by atoms with Gasteiger partial charge >= 0.3 is 0 Å². The van der Waals surface area contributed by atoms with E-state index in [9.17, 15) is 9.59 Å². The Bertz CT molecular complexity index is 1550. The van der Waals surface area contributed by atoms with Gasteiger partial charge < -0.3 is 4.98 Å². The summed E-state index contributed by atoms with van der Waals surface area (Å²) in [6, 6.07) is 20.9. The van der Waals surface area contributed by atoms with Crippen LogP contribution in [0, 0.1) is 0 Å². The predicted octanol–water partition coefficient (Wildman–Crippen LogP) is 5.59. The van der Waals surface area contributed by atoms with Gasteiger partial charge in [-0.15, -0.1) is 0 Å². The van der Waals surface area contributed by atoms with Crippen LogP contribution >= 0.6 is 11.6 Å². The van der Waals surface area contributed by atoms with Crippen molar-refractivity contribution in [2.75, 3.05) is 0 Å². The zero-order valence-electron chi connectivity index (χ0n) is 16.1. The lowest BCUT2D eigenvalue weighted by atomic mass is 9.92. The van der Waals surface area contributed by atoms with Gasteiger partial charge in [0.15, 0.2) is 0 Å². The number of nitrogens with one attached hydrogen (secondary N) is 2. The minimum Gasteiger partial charge on any atom is -0.354 e. The molecule has 148 valence electrons. The van der Waals surface area contributed by atoms with E-state index in [1.807, 2.05) is 60.7 Å². The van der Waals surface area contributed by atoms with Gasteiger partial charge in [0.25, 0.3) is 11.8 Å². The fourth-order valence-electron chi connectivity index (χ4n) is 4.34. The molecule has 0 radical (unpaired) electrons.